The molecule has 0 amide bonds. The summed E-state index contributed by atoms with van der Waals surface area (Å²) in [4.78, 5) is 0. The largest absolute Gasteiger partial charge is 0.0847 e. The van der Waals surface area contributed by atoms with E-state index in [0.29, 0.717) is 0 Å². The first-order valence-corrected chi connectivity index (χ1v) is 5.31. The molecule has 0 aromatic carbocycles. The van der Waals surface area contributed by atoms with Crippen LogP contribution in [0, 0.1) is 11.8 Å². The Kier molecular flexibility index (Phi) is 1.44. The highest BCUT2D eigenvalue weighted by molar-refractivity contribution is 5.30. The van der Waals surface area contributed by atoms with Crippen LogP contribution in [0.25, 0.3) is 0 Å². The number of fused-ring (bicyclic) bond motifs is 2. The standard InChI is InChI=1S/C12H16/c1-3-9-7-11(6-1)12(8-9)10-4-2-5-10/h4,6,9,12H,1-3,5,7-8H2. The van der Waals surface area contributed by atoms with Gasteiger partial charge >= 0.3 is 0 Å². The van der Waals surface area contributed by atoms with Gasteiger partial charge in [0, 0.05) is 5.92 Å². The highest BCUT2D eigenvalue weighted by atomic mass is 14.4. The Bertz CT molecular complexity index is 257. The van der Waals surface area contributed by atoms with E-state index in [-0.39, 0.29) is 0 Å². The van der Waals surface area contributed by atoms with Crippen LogP contribution in [-0.4, -0.2) is 0 Å². The average Bonchev–Trinajstić information content (AvgIpc) is 2.25. The van der Waals surface area contributed by atoms with Crippen molar-refractivity contribution in [3.05, 3.63) is 23.3 Å². The van der Waals surface area contributed by atoms with Gasteiger partial charge in [-0.3, -0.25) is 0 Å². The Balaban J connectivity index is 1.88. The molecule has 64 valence electrons. The van der Waals surface area contributed by atoms with E-state index in [4.69, 9.17) is 0 Å². The molecule has 0 nitrogen and oxygen atoms in total. The normalized spacial score (nSPS) is 38.7. The molecule has 3 aliphatic carbocycles. The monoisotopic (exact) mass is 160 g/mol. The van der Waals surface area contributed by atoms with Crippen molar-refractivity contribution < 1.29 is 0 Å². The summed E-state index contributed by atoms with van der Waals surface area (Å²) in [5.41, 5.74) is 3.56. The van der Waals surface area contributed by atoms with Gasteiger partial charge in [0.05, 0.1) is 0 Å². The maximum atomic E-state index is 2.52. The molecule has 2 bridgehead atoms. The van der Waals surface area contributed by atoms with E-state index in [9.17, 15) is 0 Å². The Labute approximate surface area is 74.4 Å². The quantitative estimate of drug-likeness (QED) is 0.515. The molecule has 2 unspecified atom stereocenters. The number of hydrogen-bond acceptors (Lipinski definition) is 0. The van der Waals surface area contributed by atoms with Gasteiger partial charge in [0.2, 0.25) is 0 Å². The second-order valence-corrected chi connectivity index (χ2v) is 4.53. The van der Waals surface area contributed by atoms with E-state index < -0.39 is 0 Å². The van der Waals surface area contributed by atoms with Crippen molar-refractivity contribution in [1.82, 2.24) is 0 Å². The zero-order chi connectivity index (χ0) is 7.97. The average molecular weight is 160 g/mol. The first kappa shape index (κ1) is 6.94. The second-order valence-electron chi connectivity index (χ2n) is 4.53. The molecule has 0 aliphatic heterocycles. The third-order valence-corrected chi connectivity index (χ3v) is 3.81. The Hall–Kier alpha value is -0.520. The number of rotatable bonds is 1. The van der Waals surface area contributed by atoms with Gasteiger partial charge in [-0.2, -0.15) is 0 Å². The number of allylic oxidation sites excluding steroid dienone is 4. The molecular formula is C12H16. The molecule has 0 heteroatoms. The van der Waals surface area contributed by atoms with Crippen LogP contribution in [0.3, 0.4) is 0 Å². The lowest BCUT2D eigenvalue weighted by Crippen LogP contribution is -2.06. The summed E-state index contributed by atoms with van der Waals surface area (Å²) in [5.74, 6) is 1.96. The summed E-state index contributed by atoms with van der Waals surface area (Å²) in [6.07, 6.45) is 13.5. The first-order chi connectivity index (χ1) is 5.93. The summed E-state index contributed by atoms with van der Waals surface area (Å²) >= 11 is 0. The zero-order valence-electron chi connectivity index (χ0n) is 7.55. The second kappa shape index (κ2) is 2.48. The molecule has 0 saturated heterocycles. The molecule has 0 heterocycles. The SMILES string of the molecule is C1=C(C2CC3CCC=C2C3)CC1. The van der Waals surface area contributed by atoms with Crippen molar-refractivity contribution in [2.24, 2.45) is 11.8 Å². The lowest BCUT2D eigenvalue weighted by atomic mass is 9.84. The summed E-state index contributed by atoms with van der Waals surface area (Å²) in [6.45, 7) is 0. The molecule has 0 aromatic heterocycles. The molecule has 12 heavy (non-hydrogen) atoms. The maximum Gasteiger partial charge on any atom is 0.000987 e. The molecule has 1 fully saturated rings. The van der Waals surface area contributed by atoms with Gasteiger partial charge in [-0.25, -0.2) is 0 Å². The van der Waals surface area contributed by atoms with Gasteiger partial charge < -0.3 is 0 Å². The van der Waals surface area contributed by atoms with Crippen LogP contribution in [0.5, 0.6) is 0 Å². The third-order valence-electron chi connectivity index (χ3n) is 3.81. The Morgan fingerprint density at radius 2 is 2.00 bits per heavy atom. The van der Waals surface area contributed by atoms with Crippen LogP contribution in [0.15, 0.2) is 23.3 Å². The van der Waals surface area contributed by atoms with Gasteiger partial charge in [-0.1, -0.05) is 23.3 Å². The molecule has 0 spiro atoms. The molecule has 3 rings (SSSR count). The van der Waals surface area contributed by atoms with E-state index in [0.717, 1.165) is 11.8 Å². The molecular weight excluding hydrogens is 144 g/mol. The molecule has 1 saturated carbocycles. The van der Waals surface area contributed by atoms with Crippen molar-refractivity contribution in [3.8, 4) is 0 Å². The van der Waals surface area contributed by atoms with Crippen LogP contribution in [-0.2, 0) is 0 Å². The number of hydrogen-bond donors (Lipinski definition) is 0. The van der Waals surface area contributed by atoms with E-state index >= 15 is 0 Å². The van der Waals surface area contributed by atoms with Crippen LogP contribution in [0.4, 0.5) is 0 Å². The molecule has 2 atom stereocenters. The smallest absolute Gasteiger partial charge is 0.000987 e. The van der Waals surface area contributed by atoms with E-state index in [1.165, 1.54) is 38.5 Å². The fourth-order valence-corrected chi connectivity index (χ4v) is 3.01. The van der Waals surface area contributed by atoms with Crippen LogP contribution in [0.2, 0.25) is 0 Å². The van der Waals surface area contributed by atoms with Crippen LogP contribution < -0.4 is 0 Å². The van der Waals surface area contributed by atoms with E-state index in [1.54, 1.807) is 11.1 Å². The fraction of sp³-hybridized carbons (Fsp3) is 0.667. The Morgan fingerprint density at radius 1 is 1.08 bits per heavy atom. The van der Waals surface area contributed by atoms with Crippen LogP contribution >= 0.6 is 0 Å². The molecule has 0 aromatic rings. The highest BCUT2D eigenvalue weighted by Gasteiger charge is 2.34. The first-order valence-electron chi connectivity index (χ1n) is 5.31. The summed E-state index contributed by atoms with van der Waals surface area (Å²) in [7, 11) is 0. The minimum atomic E-state index is 0.909. The maximum absolute atomic E-state index is 2.52. The molecule has 0 radical (unpaired) electrons. The molecule has 3 aliphatic rings. The minimum absolute atomic E-state index is 0.909. The van der Waals surface area contributed by atoms with Crippen LogP contribution in [0.1, 0.15) is 38.5 Å². The van der Waals surface area contributed by atoms with Crippen molar-refractivity contribution in [2.45, 2.75) is 38.5 Å². The topological polar surface area (TPSA) is 0 Å². The highest BCUT2D eigenvalue weighted by Crippen LogP contribution is 2.48. The summed E-state index contributed by atoms with van der Waals surface area (Å²) in [6, 6.07) is 0. The fourth-order valence-electron chi connectivity index (χ4n) is 3.01. The minimum Gasteiger partial charge on any atom is -0.0847 e. The van der Waals surface area contributed by atoms with Crippen molar-refractivity contribution in [2.75, 3.05) is 0 Å². The molecule has 0 N–H and O–H groups in total. The van der Waals surface area contributed by atoms with Crippen molar-refractivity contribution in [1.29, 1.82) is 0 Å². The lowest BCUT2D eigenvalue weighted by Gasteiger charge is -2.22. The summed E-state index contributed by atoms with van der Waals surface area (Å²) < 4.78 is 0. The van der Waals surface area contributed by atoms with Gasteiger partial charge in [-0.05, 0) is 44.4 Å². The third kappa shape index (κ3) is 0.903. The van der Waals surface area contributed by atoms with Crippen molar-refractivity contribution >= 4 is 0 Å². The van der Waals surface area contributed by atoms with Gasteiger partial charge in [-0.15, -0.1) is 0 Å². The zero-order valence-corrected chi connectivity index (χ0v) is 7.55. The van der Waals surface area contributed by atoms with Crippen molar-refractivity contribution in [3.63, 3.8) is 0 Å². The predicted molar refractivity (Wildman–Crippen MR) is 50.8 cm³/mol. The predicted octanol–water partition coefficient (Wildman–Crippen LogP) is 3.45. The van der Waals surface area contributed by atoms with Gasteiger partial charge in [0.15, 0.2) is 0 Å². The Morgan fingerprint density at radius 3 is 2.67 bits per heavy atom. The van der Waals surface area contributed by atoms with Gasteiger partial charge in [0.1, 0.15) is 0 Å². The van der Waals surface area contributed by atoms with Gasteiger partial charge in [0.25, 0.3) is 0 Å². The van der Waals surface area contributed by atoms with E-state index in [2.05, 4.69) is 12.2 Å². The lowest BCUT2D eigenvalue weighted by molar-refractivity contribution is 0.482. The summed E-state index contributed by atoms with van der Waals surface area (Å²) in [5, 5.41) is 0. The van der Waals surface area contributed by atoms with E-state index in [1.807, 2.05) is 0 Å².